The van der Waals surface area contributed by atoms with Gasteiger partial charge in [0.25, 0.3) is 0 Å². The molecule has 2 aromatic carbocycles. The molecule has 1 aliphatic heterocycles. The van der Waals surface area contributed by atoms with Crippen LogP contribution in [0.5, 0.6) is 11.5 Å². The van der Waals surface area contributed by atoms with Crippen molar-refractivity contribution in [1.82, 2.24) is 4.90 Å². The summed E-state index contributed by atoms with van der Waals surface area (Å²) >= 11 is 0. The Kier molecular flexibility index (Phi) is 4.31. The smallest absolute Gasteiger partial charge is 0.154 e. The average molecular weight is 321 g/mol. The van der Waals surface area contributed by atoms with Gasteiger partial charge in [-0.25, -0.2) is 4.99 Å². The van der Waals surface area contributed by atoms with Crippen LogP contribution in [0.3, 0.4) is 0 Å². The lowest BCUT2D eigenvalue weighted by Gasteiger charge is -2.29. The first-order valence-corrected chi connectivity index (χ1v) is 7.50. The highest BCUT2D eigenvalue weighted by Gasteiger charge is 2.24. The third-order valence-corrected chi connectivity index (χ3v) is 3.79. The number of amidine groups is 1. The van der Waals surface area contributed by atoms with Gasteiger partial charge in [0.15, 0.2) is 5.84 Å². The van der Waals surface area contributed by atoms with Crippen LogP contribution in [0.25, 0.3) is 5.70 Å². The topological polar surface area (TPSA) is 101 Å². The number of hydrogen-bond donors (Lipinski definition) is 3. The van der Waals surface area contributed by atoms with Crippen LogP contribution < -0.4 is 16.2 Å². The van der Waals surface area contributed by atoms with Crippen molar-refractivity contribution in [2.75, 3.05) is 7.05 Å². The normalized spacial score (nSPS) is 19.3. The maximum Gasteiger partial charge on any atom is 0.154 e. The monoisotopic (exact) mass is 321 g/mol. The summed E-state index contributed by atoms with van der Waals surface area (Å²) in [5.41, 5.74) is 14.1. The van der Waals surface area contributed by atoms with Crippen LogP contribution in [0.2, 0.25) is 0 Å². The molecule has 0 bridgehead atoms. The zero-order chi connectivity index (χ0) is 17.1. The number of nitrogens with one attached hydrogen (secondary N) is 1. The minimum absolute atomic E-state index is 0.0858. The van der Waals surface area contributed by atoms with E-state index < -0.39 is 6.17 Å². The van der Waals surface area contributed by atoms with Crippen molar-refractivity contribution in [1.29, 1.82) is 5.41 Å². The fourth-order valence-corrected chi connectivity index (χ4v) is 2.40. The Hall–Kier alpha value is -3.12. The maximum absolute atomic E-state index is 7.97. The van der Waals surface area contributed by atoms with E-state index in [4.69, 9.17) is 21.6 Å². The fraction of sp³-hybridized carbons (Fsp3) is 0.111. The quantitative estimate of drug-likeness (QED) is 0.808. The summed E-state index contributed by atoms with van der Waals surface area (Å²) in [6.45, 7) is 0. The molecule has 6 heteroatoms. The van der Waals surface area contributed by atoms with E-state index in [9.17, 15) is 0 Å². The van der Waals surface area contributed by atoms with Crippen LogP contribution in [-0.2, 0) is 0 Å². The van der Waals surface area contributed by atoms with Crippen LogP contribution in [0, 0.1) is 5.41 Å². The lowest BCUT2D eigenvalue weighted by molar-refractivity contribution is 0.434. The fourth-order valence-electron chi connectivity index (χ4n) is 2.40. The van der Waals surface area contributed by atoms with E-state index in [2.05, 4.69) is 4.99 Å². The van der Waals surface area contributed by atoms with Gasteiger partial charge >= 0.3 is 0 Å². The summed E-state index contributed by atoms with van der Waals surface area (Å²) < 4.78 is 5.76. The van der Waals surface area contributed by atoms with Gasteiger partial charge in [-0.15, -0.1) is 0 Å². The second-order valence-electron chi connectivity index (χ2n) is 5.47. The van der Waals surface area contributed by atoms with Gasteiger partial charge in [0.1, 0.15) is 17.7 Å². The molecule has 1 atom stereocenters. The van der Waals surface area contributed by atoms with Gasteiger partial charge in [0, 0.05) is 12.7 Å². The zero-order valence-electron chi connectivity index (χ0n) is 13.3. The van der Waals surface area contributed by atoms with Crippen molar-refractivity contribution < 1.29 is 4.74 Å². The van der Waals surface area contributed by atoms with E-state index in [0.717, 1.165) is 11.3 Å². The van der Waals surface area contributed by atoms with Gasteiger partial charge < -0.3 is 21.1 Å². The van der Waals surface area contributed by atoms with Crippen LogP contribution in [0.4, 0.5) is 0 Å². The second-order valence-corrected chi connectivity index (χ2v) is 5.47. The summed E-state index contributed by atoms with van der Waals surface area (Å²) in [6.07, 6.45) is 1.04. The maximum atomic E-state index is 7.97. The highest BCUT2D eigenvalue weighted by atomic mass is 16.5. The molecular weight excluding hydrogens is 302 g/mol. The highest BCUT2D eigenvalue weighted by molar-refractivity contribution is 6.08. The first-order valence-electron chi connectivity index (χ1n) is 7.50. The number of nitrogens with zero attached hydrogens (tertiary/aromatic N) is 2. The number of likely N-dealkylation sites (N-methyl/N-ethyl adjacent to an activating group) is 1. The molecule has 1 heterocycles. The van der Waals surface area contributed by atoms with Crippen LogP contribution in [-0.4, -0.2) is 30.3 Å². The van der Waals surface area contributed by atoms with Crippen molar-refractivity contribution in [3.8, 4) is 11.5 Å². The number of para-hydroxylation sites is 1. The molecule has 5 N–H and O–H groups in total. The number of aliphatic imine (C=N–C) groups is 1. The molecule has 0 saturated heterocycles. The molecule has 6 nitrogen and oxygen atoms in total. The molecule has 0 spiro atoms. The first kappa shape index (κ1) is 15.8. The van der Waals surface area contributed by atoms with Gasteiger partial charge in [0.2, 0.25) is 0 Å². The first-order chi connectivity index (χ1) is 11.6. The van der Waals surface area contributed by atoms with Gasteiger partial charge in [0.05, 0.1) is 11.9 Å². The Balaban J connectivity index is 1.86. The summed E-state index contributed by atoms with van der Waals surface area (Å²) in [7, 11) is 1.80. The Bertz CT molecular complexity index is 796. The van der Waals surface area contributed by atoms with Crippen molar-refractivity contribution in [2.45, 2.75) is 6.17 Å². The lowest BCUT2D eigenvalue weighted by atomic mass is 10.0. The van der Waals surface area contributed by atoms with Crippen molar-refractivity contribution in [3.05, 3.63) is 65.7 Å². The molecule has 0 aliphatic carbocycles. The summed E-state index contributed by atoms with van der Waals surface area (Å²) in [5.74, 6) is 1.56. The lowest BCUT2D eigenvalue weighted by Crippen LogP contribution is -2.45. The van der Waals surface area contributed by atoms with E-state index >= 15 is 0 Å². The van der Waals surface area contributed by atoms with Crippen LogP contribution >= 0.6 is 0 Å². The van der Waals surface area contributed by atoms with E-state index in [1.54, 1.807) is 11.9 Å². The molecule has 3 rings (SSSR count). The van der Waals surface area contributed by atoms with Gasteiger partial charge in [-0.05, 0) is 42.0 Å². The molecule has 1 aliphatic rings. The summed E-state index contributed by atoms with van der Waals surface area (Å²) in [4.78, 5) is 5.72. The zero-order valence-corrected chi connectivity index (χ0v) is 13.3. The molecule has 0 amide bonds. The van der Waals surface area contributed by atoms with E-state index in [-0.39, 0.29) is 5.84 Å². The molecule has 0 radical (unpaired) electrons. The largest absolute Gasteiger partial charge is 0.457 e. The standard InChI is InChI=1S/C18H19N5O/c1-23-11-22-17(20)15(18(23)21)16(19)12-7-9-14(10-8-12)24-13-5-3-2-4-6-13/h2-11,18,20H,19,21H2,1H3. The highest BCUT2D eigenvalue weighted by Crippen LogP contribution is 2.25. The Morgan fingerprint density at radius 2 is 1.71 bits per heavy atom. The van der Waals surface area contributed by atoms with Gasteiger partial charge in [-0.1, -0.05) is 18.2 Å². The van der Waals surface area contributed by atoms with Crippen molar-refractivity contribution in [2.24, 2.45) is 16.5 Å². The predicted octanol–water partition coefficient (Wildman–Crippen LogP) is 2.38. The van der Waals surface area contributed by atoms with Crippen molar-refractivity contribution >= 4 is 17.9 Å². The molecule has 122 valence electrons. The summed E-state index contributed by atoms with van der Waals surface area (Å²) in [6, 6.07) is 16.9. The number of hydrogen-bond acceptors (Lipinski definition) is 5. The van der Waals surface area contributed by atoms with E-state index in [1.165, 1.54) is 6.34 Å². The molecule has 24 heavy (non-hydrogen) atoms. The number of rotatable bonds is 3. The summed E-state index contributed by atoms with van der Waals surface area (Å²) in [5, 5.41) is 7.97. The second kappa shape index (κ2) is 6.55. The van der Waals surface area contributed by atoms with Crippen molar-refractivity contribution in [3.63, 3.8) is 0 Å². The Morgan fingerprint density at radius 1 is 1.08 bits per heavy atom. The minimum atomic E-state index is -0.491. The third-order valence-electron chi connectivity index (χ3n) is 3.79. The predicted molar refractivity (Wildman–Crippen MR) is 96.0 cm³/mol. The molecule has 1 unspecified atom stereocenters. The van der Waals surface area contributed by atoms with Gasteiger partial charge in [-0.3, -0.25) is 5.41 Å². The number of benzene rings is 2. The molecular formula is C18H19N5O. The van der Waals surface area contributed by atoms with E-state index in [0.29, 0.717) is 17.0 Å². The van der Waals surface area contributed by atoms with Gasteiger partial charge in [-0.2, -0.15) is 0 Å². The molecule has 0 aromatic heterocycles. The number of nitrogens with two attached hydrogens (primary N) is 2. The molecule has 0 fully saturated rings. The Labute approximate surface area is 140 Å². The minimum Gasteiger partial charge on any atom is -0.457 e. The molecule has 0 saturated carbocycles. The third kappa shape index (κ3) is 3.13. The number of ether oxygens (including phenoxy) is 1. The van der Waals surface area contributed by atoms with Crippen LogP contribution in [0.15, 0.2) is 65.2 Å². The SMILES string of the molecule is CN1C=NC(=N)C(=C(N)c2ccc(Oc3ccccc3)cc2)C1N. The van der Waals surface area contributed by atoms with Crippen LogP contribution in [0.1, 0.15) is 5.56 Å². The Morgan fingerprint density at radius 3 is 2.38 bits per heavy atom. The average Bonchev–Trinajstić information content (AvgIpc) is 2.60. The molecule has 2 aromatic rings. The van der Waals surface area contributed by atoms with E-state index in [1.807, 2.05) is 54.6 Å².